The van der Waals surface area contributed by atoms with E-state index in [4.69, 9.17) is 14.2 Å². The molecule has 29 heavy (non-hydrogen) atoms. The Balaban J connectivity index is 1.46. The minimum absolute atomic E-state index is 0.0590. The highest BCUT2D eigenvalue weighted by molar-refractivity contribution is 7.12. The lowest BCUT2D eigenvalue weighted by atomic mass is 10.0. The summed E-state index contributed by atoms with van der Waals surface area (Å²) in [7, 11) is 0. The van der Waals surface area contributed by atoms with Crippen LogP contribution in [0.4, 0.5) is 5.69 Å². The molecule has 4 rings (SSSR count). The third-order valence-corrected chi connectivity index (χ3v) is 5.38. The summed E-state index contributed by atoms with van der Waals surface area (Å²) in [5, 5.41) is 22.8. The quantitative estimate of drug-likeness (QED) is 0.437. The molecule has 0 saturated heterocycles. The van der Waals surface area contributed by atoms with Gasteiger partial charge < -0.3 is 14.2 Å². The number of hydrogen-bond donors (Lipinski definition) is 0. The van der Waals surface area contributed by atoms with Gasteiger partial charge in [-0.3, -0.25) is 10.1 Å². The van der Waals surface area contributed by atoms with Crippen molar-refractivity contribution in [1.29, 1.82) is 5.26 Å². The van der Waals surface area contributed by atoms with E-state index in [9.17, 15) is 15.4 Å². The van der Waals surface area contributed by atoms with Crippen molar-refractivity contribution in [3.63, 3.8) is 0 Å². The molecule has 2 aromatic carbocycles. The molecule has 0 bridgehead atoms. The average Bonchev–Trinajstić information content (AvgIpc) is 3.16. The van der Waals surface area contributed by atoms with Crippen molar-refractivity contribution >= 4 is 17.0 Å². The molecule has 0 saturated carbocycles. The van der Waals surface area contributed by atoms with E-state index in [1.54, 1.807) is 12.1 Å². The standard InChI is InChI=1S/C21H16N2O5S/c22-12-17-18(15-3-6-19-20(11-15)27-10-9-26-19)13-29-21(17)28-8-7-14-1-4-16(5-2-14)23(24)25/h1-6,11,13H,7-10H2. The van der Waals surface area contributed by atoms with E-state index < -0.39 is 4.92 Å². The van der Waals surface area contributed by atoms with Crippen molar-refractivity contribution in [2.75, 3.05) is 19.8 Å². The minimum atomic E-state index is -0.426. The molecule has 1 aromatic heterocycles. The van der Waals surface area contributed by atoms with Gasteiger partial charge in [-0.1, -0.05) is 18.2 Å². The van der Waals surface area contributed by atoms with E-state index in [0.717, 1.165) is 16.7 Å². The van der Waals surface area contributed by atoms with Crippen LogP contribution in [-0.2, 0) is 6.42 Å². The Hall–Kier alpha value is -3.57. The van der Waals surface area contributed by atoms with E-state index in [1.165, 1.54) is 23.5 Å². The Bertz CT molecular complexity index is 1090. The summed E-state index contributed by atoms with van der Waals surface area (Å²) in [5.74, 6) is 1.37. The molecule has 3 aromatic rings. The van der Waals surface area contributed by atoms with Gasteiger partial charge in [0.1, 0.15) is 24.8 Å². The molecule has 0 radical (unpaired) electrons. The number of nitro groups is 1. The van der Waals surface area contributed by atoms with Crippen LogP contribution in [0.3, 0.4) is 0 Å². The Kier molecular flexibility index (Phi) is 5.31. The lowest BCUT2D eigenvalue weighted by Crippen LogP contribution is -2.15. The molecule has 0 unspecified atom stereocenters. The van der Waals surface area contributed by atoms with Gasteiger partial charge in [-0.15, -0.1) is 11.3 Å². The molecule has 8 heteroatoms. The highest BCUT2D eigenvalue weighted by atomic mass is 32.1. The number of benzene rings is 2. The fourth-order valence-corrected chi connectivity index (χ4v) is 3.93. The number of ether oxygens (including phenoxy) is 3. The van der Waals surface area contributed by atoms with Gasteiger partial charge in [0.2, 0.25) is 0 Å². The maximum Gasteiger partial charge on any atom is 0.269 e. The summed E-state index contributed by atoms with van der Waals surface area (Å²) < 4.78 is 17.0. The maximum absolute atomic E-state index is 10.7. The van der Waals surface area contributed by atoms with Gasteiger partial charge in [-0.25, -0.2) is 0 Å². The zero-order valence-corrected chi connectivity index (χ0v) is 16.1. The normalized spacial score (nSPS) is 12.2. The first-order chi connectivity index (χ1) is 14.2. The lowest BCUT2D eigenvalue weighted by molar-refractivity contribution is -0.384. The topological polar surface area (TPSA) is 94.6 Å². The molecule has 0 aliphatic carbocycles. The zero-order chi connectivity index (χ0) is 20.2. The molecular weight excluding hydrogens is 392 g/mol. The van der Waals surface area contributed by atoms with E-state index in [0.29, 0.717) is 48.4 Å². The number of non-ortho nitro benzene ring substituents is 1. The van der Waals surface area contributed by atoms with Crippen LogP contribution in [0, 0.1) is 21.4 Å². The fourth-order valence-electron chi connectivity index (χ4n) is 3.02. The van der Waals surface area contributed by atoms with Crippen LogP contribution in [0.15, 0.2) is 47.8 Å². The summed E-state index contributed by atoms with van der Waals surface area (Å²) in [6.45, 7) is 1.40. The lowest BCUT2D eigenvalue weighted by Gasteiger charge is -2.18. The summed E-state index contributed by atoms with van der Waals surface area (Å²) in [6, 6.07) is 14.2. The number of rotatable bonds is 6. The number of fused-ring (bicyclic) bond motifs is 1. The molecule has 2 heterocycles. The largest absolute Gasteiger partial charge is 0.486 e. The summed E-state index contributed by atoms with van der Waals surface area (Å²) >= 11 is 1.37. The van der Waals surface area contributed by atoms with Gasteiger partial charge in [0.25, 0.3) is 5.69 Å². The number of nitrogens with zero attached hydrogens (tertiary/aromatic N) is 2. The highest BCUT2D eigenvalue weighted by Gasteiger charge is 2.18. The molecule has 0 atom stereocenters. The number of hydrogen-bond acceptors (Lipinski definition) is 7. The number of nitriles is 1. The van der Waals surface area contributed by atoms with E-state index in [-0.39, 0.29) is 5.69 Å². The predicted molar refractivity (Wildman–Crippen MR) is 108 cm³/mol. The monoisotopic (exact) mass is 408 g/mol. The first-order valence-corrected chi connectivity index (χ1v) is 9.81. The van der Waals surface area contributed by atoms with Crippen LogP contribution in [0.5, 0.6) is 16.6 Å². The van der Waals surface area contributed by atoms with Crippen LogP contribution in [0.25, 0.3) is 11.1 Å². The molecule has 146 valence electrons. The van der Waals surface area contributed by atoms with Crippen molar-refractivity contribution < 1.29 is 19.1 Å². The minimum Gasteiger partial charge on any atom is -0.486 e. The molecule has 7 nitrogen and oxygen atoms in total. The third kappa shape index (κ3) is 4.00. The SMILES string of the molecule is N#Cc1c(-c2ccc3c(c2)OCCO3)csc1OCCc1ccc([N+](=O)[O-])cc1. The van der Waals surface area contributed by atoms with Crippen LogP contribution in [-0.4, -0.2) is 24.7 Å². The van der Waals surface area contributed by atoms with Gasteiger partial charge in [0.05, 0.1) is 11.5 Å². The van der Waals surface area contributed by atoms with Crippen molar-refractivity contribution in [3.05, 3.63) is 69.1 Å². The van der Waals surface area contributed by atoms with Crippen molar-refractivity contribution in [3.8, 4) is 33.8 Å². The first-order valence-electron chi connectivity index (χ1n) is 8.93. The first kappa shape index (κ1) is 18.8. The van der Waals surface area contributed by atoms with Crippen LogP contribution in [0.1, 0.15) is 11.1 Å². The molecular formula is C21H16N2O5S. The van der Waals surface area contributed by atoms with Crippen molar-refractivity contribution in [2.24, 2.45) is 0 Å². The summed E-state index contributed by atoms with van der Waals surface area (Å²) in [6.07, 6.45) is 0.583. The average molecular weight is 408 g/mol. The Morgan fingerprint density at radius 3 is 2.62 bits per heavy atom. The van der Waals surface area contributed by atoms with Crippen molar-refractivity contribution in [2.45, 2.75) is 6.42 Å². The molecule has 1 aliphatic rings. The van der Waals surface area contributed by atoms with Crippen LogP contribution < -0.4 is 14.2 Å². The molecule has 1 aliphatic heterocycles. The Morgan fingerprint density at radius 1 is 1.14 bits per heavy atom. The van der Waals surface area contributed by atoms with Gasteiger partial charge in [-0.05, 0) is 23.3 Å². The second-order valence-corrected chi connectivity index (χ2v) is 7.15. The molecule has 0 fully saturated rings. The van der Waals surface area contributed by atoms with Gasteiger partial charge in [-0.2, -0.15) is 5.26 Å². The summed E-state index contributed by atoms with van der Waals surface area (Å²) in [5.41, 5.74) is 3.13. The Labute approximate surface area is 170 Å². The molecule has 0 N–H and O–H groups in total. The maximum atomic E-state index is 10.7. The zero-order valence-electron chi connectivity index (χ0n) is 15.3. The van der Waals surface area contributed by atoms with Gasteiger partial charge in [0.15, 0.2) is 16.6 Å². The van der Waals surface area contributed by atoms with E-state index in [2.05, 4.69) is 6.07 Å². The summed E-state index contributed by atoms with van der Waals surface area (Å²) in [4.78, 5) is 10.3. The predicted octanol–water partition coefficient (Wildman–Crippen LogP) is 4.59. The fraction of sp³-hybridized carbons (Fsp3) is 0.190. The third-order valence-electron chi connectivity index (χ3n) is 4.49. The smallest absolute Gasteiger partial charge is 0.269 e. The van der Waals surface area contributed by atoms with Gasteiger partial charge >= 0.3 is 0 Å². The highest BCUT2D eigenvalue weighted by Crippen LogP contribution is 2.40. The van der Waals surface area contributed by atoms with Crippen LogP contribution >= 0.6 is 11.3 Å². The second-order valence-electron chi connectivity index (χ2n) is 6.30. The molecule has 0 amide bonds. The van der Waals surface area contributed by atoms with E-state index >= 15 is 0 Å². The van der Waals surface area contributed by atoms with Crippen LogP contribution in [0.2, 0.25) is 0 Å². The number of thiophene rings is 1. The Morgan fingerprint density at radius 2 is 1.90 bits per heavy atom. The molecule has 0 spiro atoms. The van der Waals surface area contributed by atoms with E-state index in [1.807, 2.05) is 23.6 Å². The van der Waals surface area contributed by atoms with Crippen molar-refractivity contribution in [1.82, 2.24) is 0 Å². The van der Waals surface area contributed by atoms with Gasteiger partial charge in [0, 0.05) is 29.5 Å². The second kappa shape index (κ2) is 8.20. The number of nitro benzene ring substituents is 1.